The molecule has 96 valence electrons. The Hall–Kier alpha value is -2.57. The van der Waals surface area contributed by atoms with Gasteiger partial charge in [0.1, 0.15) is 12.6 Å². The van der Waals surface area contributed by atoms with Gasteiger partial charge in [0.2, 0.25) is 0 Å². The van der Waals surface area contributed by atoms with Crippen LogP contribution < -0.4 is 10.6 Å². The van der Waals surface area contributed by atoms with Crippen molar-refractivity contribution in [3.05, 3.63) is 36.7 Å². The quantitative estimate of drug-likeness (QED) is 0.467. The summed E-state index contributed by atoms with van der Waals surface area (Å²) in [6.07, 6.45) is 4.94. The summed E-state index contributed by atoms with van der Waals surface area (Å²) >= 11 is 0. The molecule has 0 saturated carbocycles. The second-order valence-corrected chi connectivity index (χ2v) is 3.26. The SMILES string of the molecule is C=CCOC(=O)NC1=CC=CNC1C(=O)C(=O)O. The molecule has 0 fully saturated rings. The molecule has 1 rings (SSSR count). The van der Waals surface area contributed by atoms with Crippen LogP contribution in [0.3, 0.4) is 0 Å². The number of carboxylic acid groups (broad SMARTS) is 1. The van der Waals surface area contributed by atoms with Crippen LogP contribution in [0.2, 0.25) is 0 Å². The molecule has 0 aromatic carbocycles. The third-order valence-electron chi connectivity index (χ3n) is 2.00. The minimum atomic E-state index is -1.59. The van der Waals surface area contributed by atoms with Crippen molar-refractivity contribution in [2.45, 2.75) is 6.04 Å². The molecule has 0 bridgehead atoms. The van der Waals surface area contributed by atoms with E-state index in [0.717, 1.165) is 0 Å². The van der Waals surface area contributed by atoms with E-state index in [-0.39, 0.29) is 12.3 Å². The zero-order valence-electron chi connectivity index (χ0n) is 9.38. The van der Waals surface area contributed by atoms with E-state index in [2.05, 4.69) is 21.9 Å². The first kappa shape index (κ1) is 13.5. The molecule has 0 aromatic rings. The Morgan fingerprint density at radius 2 is 2.28 bits per heavy atom. The summed E-state index contributed by atoms with van der Waals surface area (Å²) in [5.74, 6) is -2.66. The van der Waals surface area contributed by atoms with Gasteiger partial charge in [-0.05, 0) is 18.4 Å². The molecule has 0 radical (unpaired) electrons. The number of dihydropyridines is 1. The van der Waals surface area contributed by atoms with Crippen molar-refractivity contribution >= 4 is 17.8 Å². The monoisotopic (exact) mass is 252 g/mol. The first-order valence-corrected chi connectivity index (χ1v) is 5.01. The third-order valence-corrected chi connectivity index (χ3v) is 2.00. The summed E-state index contributed by atoms with van der Waals surface area (Å²) in [5.41, 5.74) is 0.110. The van der Waals surface area contributed by atoms with Gasteiger partial charge < -0.3 is 15.2 Å². The molecule has 1 aliphatic rings. The van der Waals surface area contributed by atoms with Crippen molar-refractivity contribution in [2.75, 3.05) is 6.61 Å². The zero-order chi connectivity index (χ0) is 13.5. The van der Waals surface area contributed by atoms with E-state index in [1.165, 1.54) is 24.4 Å². The van der Waals surface area contributed by atoms with E-state index < -0.39 is 23.9 Å². The summed E-state index contributed by atoms with van der Waals surface area (Å²) in [6.45, 7) is 3.38. The molecule has 0 saturated heterocycles. The van der Waals surface area contributed by atoms with E-state index in [9.17, 15) is 14.4 Å². The number of carboxylic acids is 1. The molecule has 1 amide bonds. The van der Waals surface area contributed by atoms with Gasteiger partial charge in [0.05, 0.1) is 5.70 Å². The first-order chi connectivity index (χ1) is 8.56. The van der Waals surface area contributed by atoms with Gasteiger partial charge >= 0.3 is 12.1 Å². The number of aliphatic carboxylic acids is 1. The highest BCUT2D eigenvalue weighted by Crippen LogP contribution is 2.06. The van der Waals surface area contributed by atoms with Crippen LogP contribution in [0.25, 0.3) is 0 Å². The lowest BCUT2D eigenvalue weighted by Gasteiger charge is -2.20. The van der Waals surface area contributed by atoms with Gasteiger partial charge in [-0.1, -0.05) is 12.7 Å². The van der Waals surface area contributed by atoms with E-state index >= 15 is 0 Å². The maximum absolute atomic E-state index is 11.4. The predicted octanol–water partition coefficient (Wildman–Crippen LogP) is -0.0783. The molecule has 3 N–H and O–H groups in total. The smallest absolute Gasteiger partial charge is 0.411 e. The number of alkyl carbamates (subject to hydrolysis) is 1. The molecule has 0 aromatic heterocycles. The number of hydrogen-bond acceptors (Lipinski definition) is 5. The van der Waals surface area contributed by atoms with Crippen molar-refractivity contribution in [1.29, 1.82) is 0 Å². The van der Waals surface area contributed by atoms with Crippen molar-refractivity contribution in [3.63, 3.8) is 0 Å². The van der Waals surface area contributed by atoms with Crippen LogP contribution in [0.5, 0.6) is 0 Å². The number of allylic oxidation sites excluding steroid dienone is 2. The van der Waals surface area contributed by atoms with Crippen LogP contribution in [-0.4, -0.2) is 35.6 Å². The number of ketones is 1. The molecule has 0 spiro atoms. The number of hydrogen-bond donors (Lipinski definition) is 3. The van der Waals surface area contributed by atoms with Crippen molar-refractivity contribution in [3.8, 4) is 0 Å². The third kappa shape index (κ3) is 3.48. The molecule has 1 unspecified atom stereocenters. The first-order valence-electron chi connectivity index (χ1n) is 5.01. The summed E-state index contributed by atoms with van der Waals surface area (Å²) in [7, 11) is 0. The maximum atomic E-state index is 11.4. The molecule has 1 aliphatic heterocycles. The second kappa shape index (κ2) is 6.24. The Bertz CT molecular complexity index is 439. The number of amides is 1. The minimum Gasteiger partial charge on any atom is -0.475 e. The summed E-state index contributed by atoms with van der Waals surface area (Å²) in [4.78, 5) is 33.2. The predicted molar refractivity (Wildman–Crippen MR) is 61.5 cm³/mol. The van der Waals surface area contributed by atoms with Crippen LogP contribution in [0.1, 0.15) is 0 Å². The van der Waals surface area contributed by atoms with E-state index in [0.29, 0.717) is 0 Å². The second-order valence-electron chi connectivity index (χ2n) is 3.26. The minimum absolute atomic E-state index is 0.0138. The molecule has 7 heteroatoms. The van der Waals surface area contributed by atoms with Crippen LogP contribution in [0.4, 0.5) is 4.79 Å². The standard InChI is InChI=1S/C11H12N2O5/c1-2-6-18-11(17)13-7-4-3-5-12-8(7)9(14)10(15)16/h2-5,8,12H,1,6H2,(H,13,17)(H,15,16). The topological polar surface area (TPSA) is 105 Å². The molecule has 7 nitrogen and oxygen atoms in total. The molecule has 0 aliphatic carbocycles. The van der Waals surface area contributed by atoms with Gasteiger partial charge in [-0.2, -0.15) is 0 Å². The Labute approximate surface area is 103 Å². The van der Waals surface area contributed by atoms with Gasteiger partial charge in [-0.25, -0.2) is 9.59 Å². The lowest BCUT2D eigenvalue weighted by Crippen LogP contribution is -2.46. The van der Waals surface area contributed by atoms with Crippen molar-refractivity contribution in [1.82, 2.24) is 10.6 Å². The summed E-state index contributed by atoms with van der Waals surface area (Å²) < 4.78 is 4.66. The van der Waals surface area contributed by atoms with Gasteiger partial charge in [0.25, 0.3) is 5.78 Å². The fraction of sp³-hybridized carbons (Fsp3) is 0.182. The molecule has 1 heterocycles. The average Bonchev–Trinajstić information content (AvgIpc) is 2.36. The highest BCUT2D eigenvalue weighted by Gasteiger charge is 2.29. The van der Waals surface area contributed by atoms with Crippen LogP contribution >= 0.6 is 0 Å². The Kier molecular flexibility index (Phi) is 4.67. The van der Waals surface area contributed by atoms with Crippen molar-refractivity contribution in [2.24, 2.45) is 0 Å². The number of rotatable bonds is 5. The Morgan fingerprint density at radius 1 is 1.56 bits per heavy atom. The number of carbonyl (C=O) groups excluding carboxylic acids is 2. The van der Waals surface area contributed by atoms with Gasteiger partial charge in [0, 0.05) is 0 Å². The lowest BCUT2D eigenvalue weighted by molar-refractivity contribution is -0.149. The normalized spacial score (nSPS) is 17.1. The molecule has 18 heavy (non-hydrogen) atoms. The molecule has 1 atom stereocenters. The largest absolute Gasteiger partial charge is 0.475 e. The molecular weight excluding hydrogens is 240 g/mol. The van der Waals surface area contributed by atoms with E-state index in [1.807, 2.05) is 0 Å². The number of nitrogens with one attached hydrogen (secondary N) is 2. The number of Topliss-reactive ketones (excluding diaryl/α,β-unsaturated/α-hetero) is 1. The van der Waals surface area contributed by atoms with Gasteiger partial charge in [-0.3, -0.25) is 10.1 Å². The maximum Gasteiger partial charge on any atom is 0.411 e. The Morgan fingerprint density at radius 3 is 2.89 bits per heavy atom. The molecular formula is C11H12N2O5. The average molecular weight is 252 g/mol. The van der Waals surface area contributed by atoms with Crippen LogP contribution in [-0.2, 0) is 14.3 Å². The van der Waals surface area contributed by atoms with Gasteiger partial charge in [0.15, 0.2) is 0 Å². The fourth-order valence-corrected chi connectivity index (χ4v) is 1.23. The van der Waals surface area contributed by atoms with Crippen molar-refractivity contribution < 1.29 is 24.2 Å². The van der Waals surface area contributed by atoms with Crippen LogP contribution in [0, 0.1) is 0 Å². The summed E-state index contributed by atoms with van der Waals surface area (Å²) in [6, 6.07) is -1.14. The number of ether oxygens (including phenoxy) is 1. The zero-order valence-corrected chi connectivity index (χ0v) is 9.38. The highest BCUT2D eigenvalue weighted by atomic mass is 16.5. The van der Waals surface area contributed by atoms with E-state index in [1.54, 1.807) is 0 Å². The highest BCUT2D eigenvalue weighted by molar-refractivity contribution is 6.35. The number of carbonyl (C=O) groups is 3. The lowest BCUT2D eigenvalue weighted by atomic mass is 10.1. The Balaban J connectivity index is 2.71. The van der Waals surface area contributed by atoms with Crippen LogP contribution in [0.15, 0.2) is 36.7 Å². The fourth-order valence-electron chi connectivity index (χ4n) is 1.23. The van der Waals surface area contributed by atoms with E-state index in [4.69, 9.17) is 5.11 Å². The van der Waals surface area contributed by atoms with Gasteiger partial charge in [-0.15, -0.1) is 0 Å². The summed E-state index contributed by atoms with van der Waals surface area (Å²) in [5, 5.41) is 13.5.